The number of hydrogen-bond donors (Lipinski definition) is 0. The molecule has 0 aliphatic carbocycles. The smallest absolute Gasteiger partial charge is 0.0997 e. The first-order valence-electron chi connectivity index (χ1n) is 3.97. The summed E-state index contributed by atoms with van der Waals surface area (Å²) in [6.07, 6.45) is 0. The molecule has 2 nitrogen and oxygen atoms in total. The number of nitriles is 1. The molecule has 0 aliphatic rings. The van der Waals surface area contributed by atoms with Gasteiger partial charge in [-0.3, -0.25) is 0 Å². The van der Waals surface area contributed by atoms with Gasteiger partial charge < -0.3 is 0 Å². The summed E-state index contributed by atoms with van der Waals surface area (Å²) < 4.78 is 1.13. The van der Waals surface area contributed by atoms with E-state index in [-0.39, 0.29) is 0 Å². The molecule has 0 atom stereocenters. The number of thiazole rings is 1. The Kier molecular flexibility index (Phi) is 1.78. The number of hydrogen-bond acceptors (Lipinski definition) is 3. The van der Waals surface area contributed by atoms with Gasteiger partial charge in [0.1, 0.15) is 0 Å². The van der Waals surface area contributed by atoms with Crippen LogP contribution in [0.3, 0.4) is 0 Å². The zero-order valence-electron chi connectivity index (χ0n) is 7.46. The average molecular weight is 188 g/mol. The van der Waals surface area contributed by atoms with Crippen LogP contribution in [0.2, 0.25) is 0 Å². The van der Waals surface area contributed by atoms with Crippen LogP contribution in [-0.2, 0) is 0 Å². The van der Waals surface area contributed by atoms with Crippen LogP contribution in [0, 0.1) is 25.2 Å². The van der Waals surface area contributed by atoms with Crippen LogP contribution < -0.4 is 0 Å². The molecule has 1 aromatic carbocycles. The summed E-state index contributed by atoms with van der Waals surface area (Å²) in [5.74, 6) is 0. The summed E-state index contributed by atoms with van der Waals surface area (Å²) in [4.78, 5) is 4.22. The van der Waals surface area contributed by atoms with Crippen LogP contribution in [0.15, 0.2) is 11.6 Å². The molecule has 13 heavy (non-hydrogen) atoms. The second-order valence-electron chi connectivity index (χ2n) is 3.01. The molecular weight excluding hydrogens is 180 g/mol. The average Bonchev–Trinajstić information content (AvgIpc) is 2.53. The van der Waals surface area contributed by atoms with Crippen molar-refractivity contribution in [1.82, 2.24) is 4.98 Å². The predicted octanol–water partition coefficient (Wildman–Crippen LogP) is 2.78. The maximum Gasteiger partial charge on any atom is 0.0997 e. The molecule has 0 bridgehead atoms. The van der Waals surface area contributed by atoms with Gasteiger partial charge in [0.15, 0.2) is 0 Å². The van der Waals surface area contributed by atoms with Crippen molar-refractivity contribution in [3.05, 3.63) is 28.3 Å². The van der Waals surface area contributed by atoms with Gasteiger partial charge in [0.05, 0.1) is 27.4 Å². The van der Waals surface area contributed by atoms with Crippen molar-refractivity contribution in [3.8, 4) is 6.07 Å². The van der Waals surface area contributed by atoms with Gasteiger partial charge in [-0.05, 0) is 31.0 Å². The van der Waals surface area contributed by atoms with E-state index in [4.69, 9.17) is 5.26 Å². The van der Waals surface area contributed by atoms with E-state index in [1.54, 1.807) is 11.3 Å². The Labute approximate surface area is 80.5 Å². The minimum atomic E-state index is 0.789. The van der Waals surface area contributed by atoms with Crippen molar-refractivity contribution in [3.63, 3.8) is 0 Å². The van der Waals surface area contributed by atoms with Gasteiger partial charge in [-0.1, -0.05) is 0 Å². The van der Waals surface area contributed by atoms with Gasteiger partial charge in [-0.25, -0.2) is 4.98 Å². The van der Waals surface area contributed by atoms with Crippen LogP contribution in [0.25, 0.3) is 10.2 Å². The second-order valence-corrected chi connectivity index (χ2v) is 3.86. The highest BCUT2D eigenvalue weighted by atomic mass is 32.1. The summed E-state index contributed by atoms with van der Waals surface area (Å²) in [5.41, 5.74) is 5.67. The van der Waals surface area contributed by atoms with Gasteiger partial charge in [-0.15, -0.1) is 11.3 Å². The standard InChI is InChI=1S/C10H8N2S/c1-6-3-9-10(13-5-12-9)7(2)8(6)4-11/h3,5H,1-2H3. The molecule has 0 spiro atoms. The van der Waals surface area contributed by atoms with E-state index < -0.39 is 0 Å². The van der Waals surface area contributed by atoms with E-state index in [9.17, 15) is 0 Å². The fourth-order valence-electron chi connectivity index (χ4n) is 1.50. The molecule has 0 aliphatic heterocycles. The highest BCUT2D eigenvalue weighted by Crippen LogP contribution is 2.26. The normalized spacial score (nSPS) is 10.2. The van der Waals surface area contributed by atoms with Crippen molar-refractivity contribution in [2.24, 2.45) is 0 Å². The van der Waals surface area contributed by atoms with Crippen molar-refractivity contribution < 1.29 is 0 Å². The zero-order valence-corrected chi connectivity index (χ0v) is 8.27. The molecule has 1 aromatic heterocycles. The third kappa shape index (κ3) is 1.11. The Morgan fingerprint density at radius 2 is 2.23 bits per heavy atom. The maximum atomic E-state index is 8.93. The van der Waals surface area contributed by atoms with Crippen LogP contribution in [-0.4, -0.2) is 4.98 Å². The number of fused-ring (bicyclic) bond motifs is 1. The SMILES string of the molecule is Cc1cc2ncsc2c(C)c1C#N. The third-order valence-corrected chi connectivity index (χ3v) is 3.13. The Balaban J connectivity index is 2.95. The van der Waals surface area contributed by atoms with Gasteiger partial charge in [0.25, 0.3) is 0 Å². The van der Waals surface area contributed by atoms with Crippen LogP contribution in [0.4, 0.5) is 0 Å². The van der Waals surface area contributed by atoms with Crippen molar-refractivity contribution in [1.29, 1.82) is 5.26 Å². The predicted molar refractivity (Wildman–Crippen MR) is 53.8 cm³/mol. The van der Waals surface area contributed by atoms with E-state index in [1.807, 2.05) is 25.4 Å². The number of benzene rings is 1. The molecule has 2 aromatic rings. The Morgan fingerprint density at radius 3 is 2.92 bits per heavy atom. The number of nitrogens with zero attached hydrogens (tertiary/aromatic N) is 2. The molecule has 0 saturated carbocycles. The van der Waals surface area contributed by atoms with Crippen molar-refractivity contribution in [2.45, 2.75) is 13.8 Å². The summed E-state index contributed by atoms with van der Waals surface area (Å²) in [6.45, 7) is 3.93. The van der Waals surface area contributed by atoms with E-state index in [0.717, 1.165) is 26.9 Å². The van der Waals surface area contributed by atoms with Crippen LogP contribution in [0.5, 0.6) is 0 Å². The highest BCUT2D eigenvalue weighted by Gasteiger charge is 2.08. The largest absolute Gasteiger partial charge is 0.245 e. The Bertz CT molecular complexity index is 505. The number of aromatic nitrogens is 1. The molecule has 0 fully saturated rings. The quantitative estimate of drug-likeness (QED) is 0.637. The molecule has 0 unspecified atom stereocenters. The molecular formula is C10H8N2S. The third-order valence-electron chi connectivity index (χ3n) is 2.17. The molecule has 0 N–H and O–H groups in total. The van der Waals surface area contributed by atoms with E-state index >= 15 is 0 Å². The van der Waals surface area contributed by atoms with Gasteiger partial charge in [0.2, 0.25) is 0 Å². The van der Waals surface area contributed by atoms with E-state index in [1.165, 1.54) is 0 Å². The highest BCUT2D eigenvalue weighted by molar-refractivity contribution is 7.17. The topological polar surface area (TPSA) is 36.7 Å². The Morgan fingerprint density at radius 1 is 1.46 bits per heavy atom. The first-order valence-corrected chi connectivity index (χ1v) is 4.85. The van der Waals surface area contributed by atoms with Crippen LogP contribution >= 0.6 is 11.3 Å². The summed E-state index contributed by atoms with van der Waals surface area (Å²) in [6, 6.07) is 4.19. The Hall–Kier alpha value is -1.40. The molecule has 0 amide bonds. The minimum Gasteiger partial charge on any atom is -0.245 e. The molecule has 64 valence electrons. The summed E-state index contributed by atoms with van der Waals surface area (Å²) in [5, 5.41) is 8.93. The molecule has 3 heteroatoms. The summed E-state index contributed by atoms with van der Waals surface area (Å²) in [7, 11) is 0. The molecule has 0 saturated heterocycles. The number of rotatable bonds is 0. The first-order chi connectivity index (χ1) is 6.24. The lowest BCUT2D eigenvalue weighted by Gasteiger charge is -2.01. The summed E-state index contributed by atoms with van der Waals surface area (Å²) >= 11 is 1.59. The lowest BCUT2D eigenvalue weighted by Crippen LogP contribution is -1.87. The van der Waals surface area contributed by atoms with Crippen molar-refractivity contribution in [2.75, 3.05) is 0 Å². The monoisotopic (exact) mass is 188 g/mol. The zero-order chi connectivity index (χ0) is 9.42. The maximum absolute atomic E-state index is 8.93. The second kappa shape index (κ2) is 2.82. The molecule has 1 heterocycles. The van der Waals surface area contributed by atoms with Gasteiger partial charge >= 0.3 is 0 Å². The fourth-order valence-corrected chi connectivity index (χ4v) is 2.28. The lowest BCUT2D eigenvalue weighted by molar-refractivity contribution is 1.35. The minimum absolute atomic E-state index is 0.789. The first kappa shape index (κ1) is 8.21. The van der Waals surface area contributed by atoms with Gasteiger partial charge in [-0.2, -0.15) is 5.26 Å². The fraction of sp³-hybridized carbons (Fsp3) is 0.200. The molecule has 2 rings (SSSR count). The molecule has 0 radical (unpaired) electrons. The number of aryl methyl sites for hydroxylation is 2. The lowest BCUT2D eigenvalue weighted by atomic mass is 10.0. The van der Waals surface area contributed by atoms with Gasteiger partial charge in [0, 0.05) is 0 Å². The van der Waals surface area contributed by atoms with E-state index in [0.29, 0.717) is 0 Å². The van der Waals surface area contributed by atoms with Crippen molar-refractivity contribution >= 4 is 21.6 Å². The van der Waals surface area contributed by atoms with E-state index in [2.05, 4.69) is 11.1 Å². The van der Waals surface area contributed by atoms with Crippen LogP contribution in [0.1, 0.15) is 16.7 Å².